The summed E-state index contributed by atoms with van der Waals surface area (Å²) in [6, 6.07) is 3.04. The van der Waals surface area contributed by atoms with Gasteiger partial charge in [0.2, 0.25) is 26.0 Å². The highest BCUT2D eigenvalue weighted by Gasteiger charge is 2.46. The number of nitrogens with two attached hydrogens (primary N) is 1. The number of rotatable bonds is 19. The topological polar surface area (TPSA) is 334 Å². The summed E-state index contributed by atoms with van der Waals surface area (Å²) >= 11 is 0. The van der Waals surface area contributed by atoms with E-state index in [0.717, 1.165) is 62.5 Å². The minimum Gasteiger partial charge on any atom is -0.396 e. The average molecular weight is 1760 g/mol. The minimum atomic E-state index is -3.24. The molecule has 116 heavy (non-hydrogen) atoms. The second-order valence-electron chi connectivity index (χ2n) is 40.3. The van der Waals surface area contributed by atoms with E-state index in [-0.39, 0.29) is 79.7 Å². The van der Waals surface area contributed by atoms with Crippen LogP contribution in [0.25, 0.3) is 0 Å². The van der Waals surface area contributed by atoms with Crippen molar-refractivity contribution in [3.63, 3.8) is 0 Å². The predicted octanol–water partition coefficient (Wildman–Crippen LogP) is 20.8. The first kappa shape index (κ1) is 135. The lowest BCUT2D eigenvalue weighted by Gasteiger charge is -2.37. The van der Waals surface area contributed by atoms with Crippen LogP contribution >= 0.6 is 0 Å². The molecule has 2 saturated heterocycles. The number of methoxy groups -OCH3 is 1. The van der Waals surface area contributed by atoms with Gasteiger partial charge in [0.25, 0.3) is 0 Å². The van der Waals surface area contributed by atoms with Crippen LogP contribution in [0.4, 0.5) is 8.78 Å². The Morgan fingerprint density at radius 1 is 0.552 bits per heavy atom. The number of primary sulfonamides is 1. The van der Waals surface area contributed by atoms with Gasteiger partial charge in [-0.25, -0.2) is 52.3 Å². The predicted molar refractivity (Wildman–Crippen MR) is 497 cm³/mol. The van der Waals surface area contributed by atoms with Crippen LogP contribution in [0, 0.1) is 104 Å². The number of nitrogens with zero attached hydrogens (tertiary/aromatic N) is 2. The minimum absolute atomic E-state index is 0.0116. The van der Waals surface area contributed by atoms with Gasteiger partial charge in [0.05, 0.1) is 63.3 Å². The van der Waals surface area contributed by atoms with Crippen LogP contribution in [-0.4, -0.2) is 192 Å². The van der Waals surface area contributed by atoms with Crippen molar-refractivity contribution in [2.45, 2.75) is 424 Å². The molecule has 5 aliphatic rings. The molecule has 3 atom stereocenters. The third-order valence-corrected chi connectivity index (χ3v) is 26.7. The van der Waals surface area contributed by atoms with Gasteiger partial charge in [0.1, 0.15) is 9.84 Å². The van der Waals surface area contributed by atoms with Gasteiger partial charge in [-0.05, 0) is 279 Å². The average Bonchev–Trinajstić information content (AvgIpc) is 1.20. The molecule has 2 aliphatic heterocycles. The number of sulfonamides is 2. The Kier molecular flexibility index (Phi) is 78.9. The molecule has 5 fully saturated rings. The number of hydrogen-bond acceptors (Lipinski definition) is 18. The maximum Gasteiger partial charge on any atom is 0.248 e. The summed E-state index contributed by atoms with van der Waals surface area (Å²) in [6.45, 7) is 91.7. The molecule has 0 spiro atoms. The number of halogens is 2. The van der Waals surface area contributed by atoms with Crippen molar-refractivity contribution in [2.75, 3.05) is 59.5 Å². The lowest BCUT2D eigenvalue weighted by molar-refractivity contribution is -0.122. The first-order chi connectivity index (χ1) is 51.6. The highest BCUT2D eigenvalue weighted by Crippen LogP contribution is 2.46. The van der Waals surface area contributed by atoms with Gasteiger partial charge in [-0.3, -0.25) is 0 Å². The molecule has 5 rings (SSSR count). The third-order valence-electron chi connectivity index (χ3n) is 19.0. The number of aliphatic hydroxyl groups is 4. The molecule has 2 heterocycles. The van der Waals surface area contributed by atoms with Crippen LogP contribution in [0.2, 0.25) is 0 Å². The Labute approximate surface area is 720 Å². The van der Waals surface area contributed by atoms with E-state index in [2.05, 4.69) is 167 Å². The summed E-state index contributed by atoms with van der Waals surface area (Å²) in [5.41, 5.74) is 1.50. The quantitative estimate of drug-likeness (QED) is 0.0591. The van der Waals surface area contributed by atoms with Crippen LogP contribution < -0.4 is 9.86 Å². The Hall–Kier alpha value is -1.58. The number of hydrogen-bond donors (Lipinski definition) is 7. The summed E-state index contributed by atoms with van der Waals surface area (Å²) in [5.74, 6) is 3.69. The molecule has 0 bridgehead atoms. The number of nitrogens with one attached hydrogen (secondary N) is 2. The lowest BCUT2D eigenvalue weighted by atomic mass is 9.74. The molecule has 0 amide bonds. The van der Waals surface area contributed by atoms with Crippen molar-refractivity contribution in [1.29, 1.82) is 10.7 Å². The van der Waals surface area contributed by atoms with Crippen molar-refractivity contribution in [1.82, 2.24) is 9.62 Å². The van der Waals surface area contributed by atoms with Crippen LogP contribution in [-0.2, 0) is 53.9 Å². The van der Waals surface area contributed by atoms with E-state index in [0.29, 0.717) is 79.4 Å². The van der Waals surface area contributed by atoms with Crippen LogP contribution in [0.3, 0.4) is 0 Å². The van der Waals surface area contributed by atoms with E-state index in [1.165, 1.54) is 52.5 Å². The van der Waals surface area contributed by atoms with Gasteiger partial charge in [0.15, 0.2) is 9.84 Å². The Morgan fingerprint density at radius 3 is 0.905 bits per heavy atom. The molecule has 0 aromatic heterocycles. The van der Waals surface area contributed by atoms with E-state index in [1.54, 1.807) is 62.5 Å². The number of alkyl halides is 2. The third kappa shape index (κ3) is 90.2. The number of likely N-dealkylation sites (tertiary alicyclic amines) is 1. The largest absolute Gasteiger partial charge is 0.396 e. The van der Waals surface area contributed by atoms with Crippen LogP contribution in [0.5, 0.6) is 0 Å². The highest BCUT2D eigenvalue weighted by atomic mass is 32.2. The number of sulfone groups is 2. The molecular weight excluding hydrogens is 1560 g/mol. The fourth-order valence-corrected chi connectivity index (χ4v) is 12.3. The maximum absolute atomic E-state index is 12.1. The molecule has 0 radical (unpaired) electrons. The molecule has 0 aromatic carbocycles. The SMILES string of the molecule is CC(=N)C(C)C.CC(C)C#N.CC(C)C(CO)C(C)(C)C.CC(C)C1CC(F)(F)C1.CC(C)C1COC1.CC(C)N1CCCCC1.CC(C)O.CC(C)OC(C)(C)C.CC(C)S(=O)(=O)C1CC1.CC(C)S(=O)(=O)NC1CC1.CC(C)S(C)(=O)=O.CC(C)S(N)(=O)=O.CC(C)[C@@H](CO)C(C)(C)C.CC(C)[C@H](CO)C(C)(C)C.COC(C)C. The number of nitriles is 1. The van der Waals surface area contributed by atoms with E-state index < -0.39 is 50.9 Å². The van der Waals surface area contributed by atoms with E-state index in [9.17, 15) is 42.5 Å². The van der Waals surface area contributed by atoms with Gasteiger partial charge in [-0.15, -0.1) is 0 Å². The summed E-state index contributed by atoms with van der Waals surface area (Å²) in [5, 5.41) is 53.5. The molecule has 8 N–H and O–H groups in total. The van der Waals surface area contributed by atoms with Crippen molar-refractivity contribution in [3.8, 4) is 6.07 Å². The Morgan fingerprint density at radius 2 is 0.836 bits per heavy atom. The number of ether oxygens (including phenoxy) is 3. The lowest BCUT2D eigenvalue weighted by Crippen LogP contribution is -2.37. The fraction of sp³-hybridized carbons (Fsp3) is 0.978. The summed E-state index contributed by atoms with van der Waals surface area (Å²) in [7, 11) is -9.97. The van der Waals surface area contributed by atoms with Crippen LogP contribution in [0.1, 0.15) is 356 Å². The zero-order valence-corrected chi connectivity index (χ0v) is 86.9. The Balaban J connectivity index is -0.000000130. The van der Waals surface area contributed by atoms with Gasteiger partial charge < -0.3 is 44.9 Å². The first-order valence-electron chi connectivity index (χ1n) is 43.4. The van der Waals surface area contributed by atoms with E-state index in [1.807, 2.05) is 82.2 Å². The van der Waals surface area contributed by atoms with Crippen molar-refractivity contribution >= 4 is 45.4 Å². The van der Waals surface area contributed by atoms with Gasteiger partial charge in [-0.2, -0.15) is 5.26 Å². The zero-order chi connectivity index (χ0) is 95.2. The zero-order valence-electron chi connectivity index (χ0n) is 83.7. The first-order valence-corrected chi connectivity index (χ1v) is 50.1. The molecule has 3 aliphatic carbocycles. The van der Waals surface area contributed by atoms with Crippen molar-refractivity contribution in [3.05, 3.63) is 0 Å². The number of piperidine rings is 1. The normalized spacial score (nSPS) is 16.6. The molecular formula is C90H197F2N5O15S4. The van der Waals surface area contributed by atoms with Crippen molar-refractivity contribution < 1.29 is 77.1 Å². The number of aliphatic hydroxyl groups excluding tert-OH is 4. The summed E-state index contributed by atoms with van der Waals surface area (Å²) < 4.78 is 127. The second kappa shape index (κ2) is 67.8. The molecule has 1 unspecified atom stereocenters. The summed E-state index contributed by atoms with van der Waals surface area (Å²) in [4.78, 5) is 2.56. The van der Waals surface area contributed by atoms with Crippen LogP contribution in [0.15, 0.2) is 0 Å². The standard InChI is InChI=1S/3C9H20O.C8H17N.C7H12F2.C7H16O.C6H13NO2S.C6H12O2S.C6H12O.C5H11N.C4H7N.C4H10O2S.C4H10O.C3H9NO2S.C3H8O/c3*1-7(2)8(6-10)9(3,4)5;1-8(2)9-6-4-3-5-7-9;1-5(2)6-3-7(8,9)4-6;1-6(2)8-7(3,4)5;1-5(2)10(8,9)7-6-3-4-6;1-5(2)9(7,8)6-3-4-6;1-5(2)6-3-7-4-6;1-4(2)5(3)6;1-4(2)3-5;1-4(2)7(3,5)6;1-4(2)5-3;1-3(2)7(4,5)6;1-3(2)4/h3*7-8,10H,6H2,1-5H3;8H,3-7H2,1-2H3;5-6H,3-4H2,1-2H3;6H,1-5H3;5-7H,3-4H2,1-2H3;5-6H,3-4H2,1-2H3;5-6H,3-4H2,1-2H3;4,6H,1-3H3;4H,1-2H3;4H,1-3H3;4H,1-3H3;3H,1-2H3,(H2,4,5,6);3-4H,1-2H3/t2*8-;;;;;;;;;;;;;/m10............./s1. The maximum atomic E-state index is 12.1. The van der Waals surface area contributed by atoms with E-state index in [4.69, 9.17) is 45.3 Å². The van der Waals surface area contributed by atoms with Gasteiger partial charge in [-0.1, -0.05) is 152 Å². The molecule has 20 nitrogen and oxygen atoms in total. The van der Waals surface area contributed by atoms with Crippen molar-refractivity contribution in [2.24, 2.45) is 92.4 Å². The van der Waals surface area contributed by atoms with Gasteiger partial charge >= 0.3 is 0 Å². The smallest absolute Gasteiger partial charge is 0.248 e. The Bertz CT molecular complexity index is 2700. The highest BCUT2D eigenvalue weighted by molar-refractivity contribution is 7.93. The second-order valence-corrected chi connectivity index (χ2v) is 50.1. The fourth-order valence-electron chi connectivity index (χ4n) is 9.76. The molecule has 26 heteroatoms. The monoisotopic (exact) mass is 1750 g/mol. The molecule has 3 saturated carbocycles. The molecule has 710 valence electrons. The van der Waals surface area contributed by atoms with E-state index >= 15 is 0 Å². The molecule has 0 aromatic rings. The summed E-state index contributed by atoms with van der Waals surface area (Å²) in [6.07, 6.45) is 10.1. The van der Waals surface area contributed by atoms with Gasteiger partial charge in [0, 0.05) is 81.8 Å².